The molecule has 1 aliphatic carbocycles. The lowest BCUT2D eigenvalue weighted by molar-refractivity contribution is 0.287. The van der Waals surface area contributed by atoms with Crippen LogP contribution >= 0.6 is 0 Å². The minimum atomic E-state index is 0.736. The van der Waals surface area contributed by atoms with Crippen LogP contribution in [0.25, 0.3) is 0 Å². The molecule has 0 amide bonds. The Hall–Kier alpha value is -1.02. The van der Waals surface area contributed by atoms with E-state index < -0.39 is 0 Å². The first-order valence-corrected chi connectivity index (χ1v) is 7.18. The van der Waals surface area contributed by atoms with Gasteiger partial charge in [0.05, 0.1) is 7.11 Å². The molecule has 1 fully saturated rings. The first kappa shape index (κ1) is 13.4. The van der Waals surface area contributed by atoms with Gasteiger partial charge in [0.2, 0.25) is 0 Å². The second-order valence-corrected chi connectivity index (χ2v) is 5.34. The highest BCUT2D eigenvalue weighted by Crippen LogP contribution is 2.28. The monoisotopic (exact) mass is 247 g/mol. The Morgan fingerprint density at radius 1 is 1.33 bits per heavy atom. The summed E-state index contributed by atoms with van der Waals surface area (Å²) in [5.41, 5.74) is 1.41. The topological polar surface area (TPSA) is 21.3 Å². The van der Waals surface area contributed by atoms with Gasteiger partial charge in [0.25, 0.3) is 0 Å². The summed E-state index contributed by atoms with van der Waals surface area (Å²) in [4.78, 5) is 0. The Bertz CT molecular complexity index is 362. The normalized spacial score (nSPS) is 23.9. The van der Waals surface area contributed by atoms with Crippen molar-refractivity contribution in [3.63, 3.8) is 0 Å². The zero-order chi connectivity index (χ0) is 12.8. The van der Waals surface area contributed by atoms with E-state index in [4.69, 9.17) is 4.74 Å². The van der Waals surface area contributed by atoms with Crippen molar-refractivity contribution in [2.24, 2.45) is 5.92 Å². The molecular weight excluding hydrogens is 222 g/mol. The summed E-state index contributed by atoms with van der Waals surface area (Å²) in [5, 5.41) is 3.60. The van der Waals surface area contributed by atoms with Crippen LogP contribution in [0, 0.1) is 5.92 Å². The van der Waals surface area contributed by atoms with Gasteiger partial charge in [0, 0.05) is 6.04 Å². The van der Waals surface area contributed by atoms with Gasteiger partial charge in [-0.2, -0.15) is 0 Å². The second-order valence-electron chi connectivity index (χ2n) is 5.34. The van der Waals surface area contributed by atoms with Crippen molar-refractivity contribution in [3.8, 4) is 5.75 Å². The molecule has 1 aromatic rings. The Labute approximate surface area is 111 Å². The fourth-order valence-corrected chi connectivity index (χ4v) is 3.08. The maximum atomic E-state index is 5.29. The van der Waals surface area contributed by atoms with Crippen LogP contribution in [0.5, 0.6) is 5.75 Å². The van der Waals surface area contributed by atoms with Gasteiger partial charge in [0.1, 0.15) is 5.75 Å². The maximum Gasteiger partial charge on any atom is 0.119 e. The molecule has 0 radical (unpaired) electrons. The van der Waals surface area contributed by atoms with E-state index >= 15 is 0 Å². The van der Waals surface area contributed by atoms with Crippen LogP contribution in [0.1, 0.15) is 38.2 Å². The van der Waals surface area contributed by atoms with Gasteiger partial charge in [-0.25, -0.2) is 0 Å². The third-order valence-electron chi connectivity index (χ3n) is 3.93. The van der Waals surface area contributed by atoms with Crippen molar-refractivity contribution in [2.75, 3.05) is 13.7 Å². The first-order valence-electron chi connectivity index (χ1n) is 7.18. The van der Waals surface area contributed by atoms with Crippen molar-refractivity contribution in [3.05, 3.63) is 29.8 Å². The zero-order valence-corrected chi connectivity index (χ0v) is 11.6. The highest BCUT2D eigenvalue weighted by atomic mass is 16.5. The number of benzene rings is 1. The smallest absolute Gasteiger partial charge is 0.119 e. The van der Waals surface area contributed by atoms with Crippen molar-refractivity contribution in [1.82, 2.24) is 5.32 Å². The Balaban J connectivity index is 1.91. The van der Waals surface area contributed by atoms with Crippen LogP contribution in [0.15, 0.2) is 24.3 Å². The Kier molecular flexibility index (Phi) is 5.06. The van der Waals surface area contributed by atoms with E-state index in [2.05, 4.69) is 30.4 Å². The standard InChI is InChI=1S/C16H25NO/c1-3-17-15-8-4-6-13(11-15)10-14-7-5-9-16(12-14)18-2/h5,7,9,12-13,15,17H,3-4,6,8,10-11H2,1-2H3. The van der Waals surface area contributed by atoms with Gasteiger partial charge >= 0.3 is 0 Å². The van der Waals surface area contributed by atoms with Gasteiger partial charge in [-0.1, -0.05) is 31.9 Å². The molecule has 1 aromatic carbocycles. The molecule has 0 bridgehead atoms. The minimum Gasteiger partial charge on any atom is -0.497 e. The maximum absolute atomic E-state index is 5.29. The van der Waals surface area contributed by atoms with Gasteiger partial charge in [-0.3, -0.25) is 0 Å². The zero-order valence-electron chi connectivity index (χ0n) is 11.6. The summed E-state index contributed by atoms with van der Waals surface area (Å²) in [7, 11) is 1.74. The molecular formula is C16H25NO. The summed E-state index contributed by atoms with van der Waals surface area (Å²) >= 11 is 0. The van der Waals surface area contributed by atoms with Gasteiger partial charge in [0.15, 0.2) is 0 Å². The van der Waals surface area contributed by atoms with Crippen molar-refractivity contribution in [1.29, 1.82) is 0 Å². The van der Waals surface area contributed by atoms with Crippen LogP contribution in [0.4, 0.5) is 0 Å². The lowest BCUT2D eigenvalue weighted by Gasteiger charge is -2.29. The molecule has 2 nitrogen and oxygen atoms in total. The highest BCUT2D eigenvalue weighted by Gasteiger charge is 2.21. The van der Waals surface area contributed by atoms with Crippen LogP contribution in [-0.2, 0) is 6.42 Å². The molecule has 18 heavy (non-hydrogen) atoms. The van der Waals surface area contributed by atoms with Crippen LogP contribution in [-0.4, -0.2) is 19.7 Å². The Morgan fingerprint density at radius 2 is 2.22 bits per heavy atom. The third-order valence-corrected chi connectivity index (χ3v) is 3.93. The average Bonchev–Trinajstić information content (AvgIpc) is 2.40. The number of nitrogens with one attached hydrogen (secondary N) is 1. The van der Waals surface area contributed by atoms with Crippen molar-refractivity contribution in [2.45, 2.75) is 45.1 Å². The van der Waals surface area contributed by atoms with Crippen molar-refractivity contribution < 1.29 is 4.74 Å². The molecule has 100 valence electrons. The number of rotatable bonds is 5. The average molecular weight is 247 g/mol. The van der Waals surface area contributed by atoms with E-state index in [-0.39, 0.29) is 0 Å². The lowest BCUT2D eigenvalue weighted by Crippen LogP contribution is -2.34. The summed E-state index contributed by atoms with van der Waals surface area (Å²) in [6.07, 6.45) is 6.61. The van der Waals surface area contributed by atoms with Gasteiger partial charge < -0.3 is 10.1 Å². The van der Waals surface area contributed by atoms with E-state index in [9.17, 15) is 0 Å². The predicted molar refractivity (Wildman–Crippen MR) is 76.1 cm³/mol. The molecule has 2 rings (SSSR count). The highest BCUT2D eigenvalue weighted by molar-refractivity contribution is 5.28. The number of ether oxygens (including phenoxy) is 1. The number of hydrogen-bond acceptors (Lipinski definition) is 2. The predicted octanol–water partition coefficient (Wildman–Crippen LogP) is 3.41. The molecule has 0 spiro atoms. The third kappa shape index (κ3) is 3.74. The second kappa shape index (κ2) is 6.79. The number of hydrogen-bond donors (Lipinski definition) is 1. The van der Waals surface area contributed by atoms with E-state index in [1.165, 1.54) is 37.7 Å². The molecule has 1 aliphatic rings. The SMILES string of the molecule is CCNC1CCCC(Cc2cccc(OC)c2)C1. The molecule has 2 heteroatoms. The molecule has 0 aromatic heterocycles. The largest absolute Gasteiger partial charge is 0.497 e. The van der Waals surface area contributed by atoms with Crippen LogP contribution in [0.3, 0.4) is 0 Å². The summed E-state index contributed by atoms with van der Waals surface area (Å²) < 4.78 is 5.29. The van der Waals surface area contributed by atoms with E-state index in [1.54, 1.807) is 7.11 Å². The molecule has 0 heterocycles. The summed E-state index contributed by atoms with van der Waals surface area (Å²) in [6.45, 7) is 3.29. The minimum absolute atomic E-state index is 0.736. The van der Waals surface area contributed by atoms with Crippen molar-refractivity contribution >= 4 is 0 Å². The fraction of sp³-hybridized carbons (Fsp3) is 0.625. The van der Waals surface area contributed by atoms with E-state index in [0.717, 1.165) is 24.3 Å². The van der Waals surface area contributed by atoms with Crippen LogP contribution in [0.2, 0.25) is 0 Å². The van der Waals surface area contributed by atoms with E-state index in [0.29, 0.717) is 0 Å². The lowest BCUT2D eigenvalue weighted by atomic mass is 9.82. The Morgan fingerprint density at radius 3 is 3.00 bits per heavy atom. The van der Waals surface area contributed by atoms with E-state index in [1.807, 2.05) is 6.07 Å². The van der Waals surface area contributed by atoms with Gasteiger partial charge in [-0.15, -0.1) is 0 Å². The molecule has 0 saturated heterocycles. The fourth-order valence-electron chi connectivity index (χ4n) is 3.08. The summed E-state index contributed by atoms with van der Waals surface area (Å²) in [6, 6.07) is 9.25. The quantitative estimate of drug-likeness (QED) is 0.861. The molecule has 1 N–H and O–H groups in total. The molecule has 2 unspecified atom stereocenters. The van der Waals surface area contributed by atoms with Gasteiger partial charge in [-0.05, 0) is 49.4 Å². The molecule has 0 aliphatic heterocycles. The first-order chi connectivity index (χ1) is 8.81. The molecule has 2 atom stereocenters. The summed E-state index contributed by atoms with van der Waals surface area (Å²) in [5.74, 6) is 1.81. The number of methoxy groups -OCH3 is 1. The molecule has 1 saturated carbocycles. The van der Waals surface area contributed by atoms with Crippen LogP contribution < -0.4 is 10.1 Å².